The van der Waals surface area contributed by atoms with Crippen LogP contribution in [0.1, 0.15) is 45.4 Å². The van der Waals surface area contributed by atoms with E-state index < -0.39 is 0 Å². The highest BCUT2D eigenvalue weighted by Crippen LogP contribution is 2.45. The molecule has 2 fully saturated rings. The zero-order valence-electron chi connectivity index (χ0n) is 16.0. The second-order valence-electron chi connectivity index (χ2n) is 8.33. The number of piperazine rings is 1. The number of aromatic nitrogens is 2. The lowest BCUT2D eigenvalue weighted by Gasteiger charge is -2.44. The maximum atomic E-state index is 12.5. The fourth-order valence-electron chi connectivity index (χ4n) is 4.23. The predicted octanol–water partition coefficient (Wildman–Crippen LogP) is 2.46. The summed E-state index contributed by atoms with van der Waals surface area (Å²) in [6, 6.07) is 0.117. The number of amides is 2. The van der Waals surface area contributed by atoms with Gasteiger partial charge in [0.05, 0.1) is 6.54 Å². The summed E-state index contributed by atoms with van der Waals surface area (Å²) in [6.07, 6.45) is 8.89. The Bertz CT molecular complexity index is 570. The van der Waals surface area contributed by atoms with Crippen LogP contribution >= 0.6 is 0 Å². The van der Waals surface area contributed by atoms with E-state index in [0.29, 0.717) is 11.3 Å². The van der Waals surface area contributed by atoms with Crippen LogP contribution in [0.25, 0.3) is 0 Å². The zero-order valence-corrected chi connectivity index (χ0v) is 16.0. The van der Waals surface area contributed by atoms with Gasteiger partial charge in [-0.1, -0.05) is 20.3 Å². The Kier molecular flexibility index (Phi) is 5.67. The van der Waals surface area contributed by atoms with Crippen LogP contribution in [0, 0.1) is 11.3 Å². The molecule has 1 saturated heterocycles. The number of rotatable bonds is 6. The van der Waals surface area contributed by atoms with Gasteiger partial charge < -0.3 is 14.8 Å². The van der Waals surface area contributed by atoms with Gasteiger partial charge in [-0.15, -0.1) is 0 Å². The van der Waals surface area contributed by atoms with E-state index in [0.717, 1.165) is 45.1 Å². The summed E-state index contributed by atoms with van der Waals surface area (Å²) in [5.41, 5.74) is 0.365. The van der Waals surface area contributed by atoms with Gasteiger partial charge in [0, 0.05) is 52.2 Å². The van der Waals surface area contributed by atoms with Crippen LogP contribution in [-0.2, 0) is 13.6 Å². The number of hydrogen-bond donors (Lipinski definition) is 1. The number of nitrogens with zero attached hydrogens (tertiary/aromatic N) is 4. The molecule has 2 aliphatic rings. The molecule has 140 valence electrons. The molecule has 1 aliphatic carbocycles. The van der Waals surface area contributed by atoms with Gasteiger partial charge in [-0.3, -0.25) is 4.90 Å². The second kappa shape index (κ2) is 7.77. The summed E-state index contributed by atoms with van der Waals surface area (Å²) in [7, 11) is 2.03. The van der Waals surface area contributed by atoms with Crippen molar-refractivity contribution in [3.63, 3.8) is 0 Å². The van der Waals surface area contributed by atoms with Crippen LogP contribution in [-0.4, -0.2) is 58.1 Å². The first kappa shape index (κ1) is 18.2. The van der Waals surface area contributed by atoms with E-state index in [1.807, 2.05) is 24.3 Å². The van der Waals surface area contributed by atoms with Gasteiger partial charge in [-0.05, 0) is 30.6 Å². The van der Waals surface area contributed by atoms with Crippen molar-refractivity contribution in [1.29, 1.82) is 0 Å². The lowest BCUT2D eigenvalue weighted by atomic mass is 9.64. The molecule has 1 N–H and O–H groups in total. The maximum Gasteiger partial charge on any atom is 0.317 e. The monoisotopic (exact) mass is 347 g/mol. The number of nitrogens with one attached hydrogen (secondary N) is 1. The van der Waals surface area contributed by atoms with Crippen LogP contribution in [0.2, 0.25) is 0 Å². The molecule has 6 heteroatoms. The Morgan fingerprint density at radius 3 is 2.52 bits per heavy atom. The van der Waals surface area contributed by atoms with E-state index in [2.05, 4.69) is 33.6 Å². The van der Waals surface area contributed by atoms with E-state index in [1.165, 1.54) is 25.7 Å². The minimum absolute atomic E-state index is 0.117. The van der Waals surface area contributed by atoms with Crippen molar-refractivity contribution in [3.05, 3.63) is 18.2 Å². The predicted molar refractivity (Wildman–Crippen MR) is 99.2 cm³/mol. The summed E-state index contributed by atoms with van der Waals surface area (Å²) in [6.45, 7) is 9.69. The second-order valence-corrected chi connectivity index (χ2v) is 8.33. The van der Waals surface area contributed by atoms with Crippen molar-refractivity contribution in [2.75, 3.05) is 32.7 Å². The fourth-order valence-corrected chi connectivity index (χ4v) is 4.23. The first-order valence-corrected chi connectivity index (χ1v) is 9.69. The van der Waals surface area contributed by atoms with E-state index in [-0.39, 0.29) is 6.03 Å². The van der Waals surface area contributed by atoms with Crippen molar-refractivity contribution >= 4 is 6.03 Å². The number of aryl methyl sites for hydroxylation is 1. The third-order valence-electron chi connectivity index (χ3n) is 5.82. The average molecular weight is 348 g/mol. The van der Waals surface area contributed by atoms with Gasteiger partial charge in [-0.2, -0.15) is 0 Å². The third kappa shape index (κ3) is 4.54. The molecule has 1 saturated carbocycles. The van der Waals surface area contributed by atoms with E-state index in [1.54, 1.807) is 0 Å². The minimum atomic E-state index is 0.117. The summed E-state index contributed by atoms with van der Waals surface area (Å²) in [5, 5.41) is 3.22. The molecular formula is C19H33N5O. The molecule has 2 heterocycles. The van der Waals surface area contributed by atoms with Gasteiger partial charge in [0.1, 0.15) is 5.82 Å². The summed E-state index contributed by atoms with van der Waals surface area (Å²) >= 11 is 0. The Hall–Kier alpha value is -1.56. The molecule has 0 bridgehead atoms. The first-order valence-electron chi connectivity index (χ1n) is 9.69. The van der Waals surface area contributed by atoms with Crippen molar-refractivity contribution in [2.24, 2.45) is 18.4 Å². The Labute approximate surface area is 151 Å². The summed E-state index contributed by atoms with van der Waals surface area (Å²) in [5.74, 6) is 1.78. The number of carbonyl (C=O) groups is 1. The topological polar surface area (TPSA) is 53.4 Å². The van der Waals surface area contributed by atoms with Crippen molar-refractivity contribution in [2.45, 2.75) is 46.1 Å². The number of imidazole rings is 1. The fraction of sp³-hybridized carbons (Fsp3) is 0.789. The minimum Gasteiger partial charge on any atom is -0.337 e. The van der Waals surface area contributed by atoms with Crippen LogP contribution < -0.4 is 5.32 Å². The molecule has 1 aromatic heterocycles. The van der Waals surface area contributed by atoms with Gasteiger partial charge in [0.25, 0.3) is 0 Å². The molecule has 6 nitrogen and oxygen atoms in total. The maximum absolute atomic E-state index is 12.5. The standard InChI is InChI=1S/C19H33N5O/c1-16(2)13-19(5-4-6-19)15-21-18(25)24-11-9-23(10-12-24)14-17-20-7-8-22(17)3/h7-8,16H,4-6,9-15H2,1-3H3,(H,21,25). The van der Waals surface area contributed by atoms with E-state index in [4.69, 9.17) is 0 Å². The van der Waals surface area contributed by atoms with Crippen molar-refractivity contribution < 1.29 is 4.79 Å². The van der Waals surface area contributed by atoms with Crippen molar-refractivity contribution in [3.8, 4) is 0 Å². The van der Waals surface area contributed by atoms with Crippen LogP contribution in [0.5, 0.6) is 0 Å². The Morgan fingerprint density at radius 1 is 1.28 bits per heavy atom. The molecule has 25 heavy (non-hydrogen) atoms. The average Bonchev–Trinajstić information content (AvgIpc) is 2.95. The highest BCUT2D eigenvalue weighted by Gasteiger charge is 2.38. The van der Waals surface area contributed by atoms with Gasteiger partial charge in [-0.25, -0.2) is 9.78 Å². The molecule has 0 unspecified atom stereocenters. The first-order chi connectivity index (χ1) is 12.0. The molecular weight excluding hydrogens is 314 g/mol. The molecule has 3 rings (SSSR count). The molecule has 0 radical (unpaired) electrons. The molecule has 1 aliphatic heterocycles. The smallest absolute Gasteiger partial charge is 0.317 e. The lowest BCUT2D eigenvalue weighted by Crippen LogP contribution is -2.53. The van der Waals surface area contributed by atoms with Crippen LogP contribution in [0.4, 0.5) is 4.79 Å². The molecule has 0 spiro atoms. The third-order valence-corrected chi connectivity index (χ3v) is 5.82. The van der Waals surface area contributed by atoms with E-state index >= 15 is 0 Å². The highest BCUT2D eigenvalue weighted by atomic mass is 16.2. The lowest BCUT2D eigenvalue weighted by molar-refractivity contribution is 0.0917. The quantitative estimate of drug-likeness (QED) is 0.860. The summed E-state index contributed by atoms with van der Waals surface area (Å²) < 4.78 is 2.06. The zero-order chi connectivity index (χ0) is 17.9. The molecule has 0 atom stereocenters. The highest BCUT2D eigenvalue weighted by molar-refractivity contribution is 5.74. The van der Waals surface area contributed by atoms with Gasteiger partial charge in [0.2, 0.25) is 0 Å². The molecule has 1 aromatic rings. The largest absolute Gasteiger partial charge is 0.337 e. The van der Waals surface area contributed by atoms with Crippen LogP contribution in [0.15, 0.2) is 12.4 Å². The normalized spacial score (nSPS) is 20.6. The van der Waals surface area contributed by atoms with Crippen LogP contribution in [0.3, 0.4) is 0 Å². The number of urea groups is 1. The SMILES string of the molecule is CC(C)CC1(CNC(=O)N2CCN(Cc3nccn3C)CC2)CCC1. The van der Waals surface area contributed by atoms with E-state index in [9.17, 15) is 4.79 Å². The number of hydrogen-bond acceptors (Lipinski definition) is 3. The molecule has 2 amide bonds. The van der Waals surface area contributed by atoms with Gasteiger partial charge in [0.15, 0.2) is 0 Å². The summed E-state index contributed by atoms with van der Waals surface area (Å²) in [4.78, 5) is 21.3. The van der Waals surface area contributed by atoms with Gasteiger partial charge >= 0.3 is 6.03 Å². The Balaban J connectivity index is 1.41. The number of carbonyl (C=O) groups excluding carboxylic acids is 1. The molecule has 0 aromatic carbocycles. The Morgan fingerprint density at radius 2 is 2.00 bits per heavy atom. The van der Waals surface area contributed by atoms with Crippen molar-refractivity contribution in [1.82, 2.24) is 24.7 Å².